The van der Waals surface area contributed by atoms with Gasteiger partial charge in [0, 0.05) is 35.9 Å². The summed E-state index contributed by atoms with van der Waals surface area (Å²) in [6, 6.07) is 4.35. The van der Waals surface area contributed by atoms with Crippen molar-refractivity contribution >= 4 is 5.69 Å². The highest BCUT2D eigenvalue weighted by molar-refractivity contribution is 5.53. The molecule has 1 fully saturated rings. The highest BCUT2D eigenvalue weighted by atomic mass is 16.7. The highest BCUT2D eigenvalue weighted by Crippen LogP contribution is 2.32. The van der Waals surface area contributed by atoms with Gasteiger partial charge in [-0.1, -0.05) is 0 Å². The molecule has 110 valence electrons. The van der Waals surface area contributed by atoms with Gasteiger partial charge in [-0.25, -0.2) is 0 Å². The summed E-state index contributed by atoms with van der Waals surface area (Å²) in [7, 11) is 0. The van der Waals surface area contributed by atoms with Gasteiger partial charge < -0.3 is 19.9 Å². The largest absolute Gasteiger partial charge is 0.467 e. The molecule has 0 aliphatic carbocycles. The molecule has 20 heavy (non-hydrogen) atoms. The maximum atomic E-state index is 6.00. The third-order valence-corrected chi connectivity index (χ3v) is 3.92. The molecule has 0 aromatic heterocycles. The van der Waals surface area contributed by atoms with Crippen LogP contribution < -0.4 is 10.5 Å². The lowest BCUT2D eigenvalue weighted by Gasteiger charge is -2.37. The topological polar surface area (TPSA) is 57.0 Å². The van der Waals surface area contributed by atoms with Gasteiger partial charge in [0.2, 0.25) is 0 Å². The van der Waals surface area contributed by atoms with Crippen LogP contribution in [0.1, 0.15) is 25.0 Å². The molecule has 2 aliphatic heterocycles. The van der Waals surface area contributed by atoms with E-state index in [9.17, 15) is 0 Å². The van der Waals surface area contributed by atoms with Crippen molar-refractivity contribution < 1.29 is 14.2 Å². The van der Waals surface area contributed by atoms with Crippen molar-refractivity contribution in [3.63, 3.8) is 0 Å². The zero-order valence-corrected chi connectivity index (χ0v) is 12.1. The fourth-order valence-corrected chi connectivity index (χ4v) is 2.85. The Morgan fingerprint density at radius 2 is 2.20 bits per heavy atom. The number of nitrogens with two attached hydrogens (primary N) is 1. The quantitative estimate of drug-likeness (QED) is 0.835. The van der Waals surface area contributed by atoms with Gasteiger partial charge in [-0.05, 0) is 26.0 Å². The lowest BCUT2D eigenvalue weighted by atomic mass is 10.1. The fourth-order valence-electron chi connectivity index (χ4n) is 2.85. The Morgan fingerprint density at radius 3 is 3.05 bits per heavy atom. The molecule has 2 N–H and O–H groups in total. The van der Waals surface area contributed by atoms with Gasteiger partial charge in [0.25, 0.3) is 0 Å². The summed E-state index contributed by atoms with van der Waals surface area (Å²) in [5.74, 6) is 0.941. The second-order valence-electron chi connectivity index (χ2n) is 5.70. The van der Waals surface area contributed by atoms with Crippen LogP contribution in [0.5, 0.6) is 5.75 Å². The Hall–Kier alpha value is -1.30. The van der Waals surface area contributed by atoms with Crippen LogP contribution in [0.2, 0.25) is 0 Å². The number of nitrogens with zero attached hydrogens (tertiary/aromatic N) is 1. The summed E-state index contributed by atoms with van der Waals surface area (Å²) in [5, 5.41) is 0. The first-order chi connectivity index (χ1) is 9.63. The number of rotatable bonds is 2. The molecular formula is C15H22N2O3. The summed E-state index contributed by atoms with van der Waals surface area (Å²) in [6.45, 7) is 7.73. The Balaban J connectivity index is 1.84. The minimum atomic E-state index is 0.271. The molecule has 0 spiro atoms. The molecule has 0 radical (unpaired) electrons. The number of anilines is 1. The molecule has 3 rings (SSSR count). The molecule has 5 nitrogen and oxygen atoms in total. The van der Waals surface area contributed by atoms with E-state index in [-0.39, 0.29) is 6.10 Å². The van der Waals surface area contributed by atoms with Crippen molar-refractivity contribution in [3.05, 3.63) is 23.3 Å². The minimum absolute atomic E-state index is 0.271. The standard InChI is InChI=1S/C15H22N2O3/c1-10-7-19-11(2)5-17(10)6-12-3-14(16)4-13-8-18-9-20-15(12)13/h3-4,10-11H,5-9,16H2,1-2H3. The average Bonchev–Trinajstić information content (AvgIpc) is 2.43. The SMILES string of the molecule is CC1CN(Cc2cc(N)cc3c2OCOC3)C(C)CO1. The third-order valence-electron chi connectivity index (χ3n) is 3.92. The number of ether oxygens (including phenoxy) is 3. The monoisotopic (exact) mass is 278 g/mol. The maximum absolute atomic E-state index is 6.00. The van der Waals surface area contributed by atoms with E-state index in [4.69, 9.17) is 19.9 Å². The first-order valence-electron chi connectivity index (χ1n) is 7.11. The molecule has 1 aromatic carbocycles. The zero-order valence-electron chi connectivity index (χ0n) is 12.1. The van der Waals surface area contributed by atoms with Crippen LogP contribution in [0.25, 0.3) is 0 Å². The summed E-state index contributed by atoms with van der Waals surface area (Å²) in [5.41, 5.74) is 8.95. The molecule has 1 aromatic rings. The number of fused-ring (bicyclic) bond motifs is 1. The number of morpholine rings is 1. The lowest BCUT2D eigenvalue weighted by Crippen LogP contribution is -2.46. The lowest BCUT2D eigenvalue weighted by molar-refractivity contribution is -0.0540. The average molecular weight is 278 g/mol. The molecule has 2 atom stereocenters. The van der Waals surface area contributed by atoms with E-state index in [2.05, 4.69) is 18.7 Å². The smallest absolute Gasteiger partial charge is 0.189 e. The first-order valence-corrected chi connectivity index (χ1v) is 7.11. The van der Waals surface area contributed by atoms with E-state index in [1.54, 1.807) is 0 Å². The van der Waals surface area contributed by atoms with Crippen LogP contribution in [-0.4, -0.2) is 37.0 Å². The molecule has 0 bridgehead atoms. The van der Waals surface area contributed by atoms with Crippen LogP contribution in [0.4, 0.5) is 5.69 Å². The number of benzene rings is 1. The van der Waals surface area contributed by atoms with E-state index in [0.717, 1.165) is 42.3 Å². The Bertz CT molecular complexity index is 492. The molecule has 5 heteroatoms. The number of hydrogen-bond acceptors (Lipinski definition) is 5. The summed E-state index contributed by atoms with van der Waals surface area (Å²) >= 11 is 0. The molecule has 1 saturated heterocycles. The molecule has 2 aliphatic rings. The van der Waals surface area contributed by atoms with Crippen LogP contribution in [0, 0.1) is 0 Å². The molecule has 0 saturated carbocycles. The predicted molar refractivity (Wildman–Crippen MR) is 76.4 cm³/mol. The van der Waals surface area contributed by atoms with Crippen molar-refractivity contribution in [2.24, 2.45) is 0 Å². The van der Waals surface area contributed by atoms with E-state index in [1.807, 2.05) is 12.1 Å². The molecular weight excluding hydrogens is 256 g/mol. The highest BCUT2D eigenvalue weighted by Gasteiger charge is 2.25. The van der Waals surface area contributed by atoms with Crippen LogP contribution in [0.15, 0.2) is 12.1 Å². The predicted octanol–water partition coefficient (Wildman–Crippen LogP) is 1.74. The summed E-state index contributed by atoms with van der Waals surface area (Å²) in [6.07, 6.45) is 0.271. The van der Waals surface area contributed by atoms with Gasteiger partial charge in [-0.2, -0.15) is 0 Å². The van der Waals surface area contributed by atoms with Gasteiger partial charge in [-0.15, -0.1) is 0 Å². The van der Waals surface area contributed by atoms with Crippen molar-refractivity contribution in [2.75, 3.05) is 25.7 Å². The minimum Gasteiger partial charge on any atom is -0.467 e. The second-order valence-corrected chi connectivity index (χ2v) is 5.70. The molecule has 2 heterocycles. The van der Waals surface area contributed by atoms with Crippen LogP contribution in [-0.2, 0) is 22.6 Å². The zero-order chi connectivity index (χ0) is 14.1. The Morgan fingerprint density at radius 1 is 1.35 bits per heavy atom. The van der Waals surface area contributed by atoms with Crippen molar-refractivity contribution in [1.29, 1.82) is 0 Å². The number of hydrogen-bond donors (Lipinski definition) is 1. The van der Waals surface area contributed by atoms with Gasteiger partial charge in [0.05, 0.1) is 19.3 Å². The number of nitrogen functional groups attached to an aromatic ring is 1. The Labute approximate surface area is 119 Å². The van der Waals surface area contributed by atoms with Gasteiger partial charge in [0.1, 0.15) is 5.75 Å². The normalized spacial score (nSPS) is 26.9. The maximum Gasteiger partial charge on any atom is 0.189 e. The van der Waals surface area contributed by atoms with Gasteiger partial charge in [-0.3, -0.25) is 4.90 Å². The first kappa shape index (κ1) is 13.7. The van der Waals surface area contributed by atoms with Crippen molar-refractivity contribution in [2.45, 2.75) is 39.1 Å². The van der Waals surface area contributed by atoms with E-state index >= 15 is 0 Å². The van der Waals surface area contributed by atoms with Crippen LogP contribution in [0.3, 0.4) is 0 Å². The molecule has 0 amide bonds. The Kier molecular flexibility index (Phi) is 3.83. The second kappa shape index (κ2) is 5.60. The fraction of sp³-hybridized carbons (Fsp3) is 0.600. The third kappa shape index (κ3) is 2.75. The van der Waals surface area contributed by atoms with Crippen LogP contribution >= 0.6 is 0 Å². The molecule has 2 unspecified atom stereocenters. The van der Waals surface area contributed by atoms with Gasteiger partial charge in [0.15, 0.2) is 6.79 Å². The van der Waals surface area contributed by atoms with E-state index in [0.29, 0.717) is 19.4 Å². The van der Waals surface area contributed by atoms with Gasteiger partial charge >= 0.3 is 0 Å². The van der Waals surface area contributed by atoms with E-state index in [1.165, 1.54) is 0 Å². The summed E-state index contributed by atoms with van der Waals surface area (Å²) in [4.78, 5) is 2.42. The van der Waals surface area contributed by atoms with Crippen molar-refractivity contribution in [3.8, 4) is 5.75 Å². The van der Waals surface area contributed by atoms with Crippen molar-refractivity contribution in [1.82, 2.24) is 4.90 Å². The van der Waals surface area contributed by atoms with E-state index < -0.39 is 0 Å². The summed E-state index contributed by atoms with van der Waals surface area (Å²) < 4.78 is 16.7.